The standard InChI is InChI=1S/C16H15N5O4S/c1-24-13-4-2-3-5-14(13)26(22,23)21-9-11(10-21)16-19-15(20-25-16)12-8-17-6-7-18-12/h2-8,11H,9-10H2,1H3. The fourth-order valence-electron chi connectivity index (χ4n) is 2.68. The largest absolute Gasteiger partial charge is 0.495 e. The molecule has 26 heavy (non-hydrogen) atoms. The highest BCUT2D eigenvalue weighted by Crippen LogP contribution is 2.34. The Hall–Kier alpha value is -2.85. The summed E-state index contributed by atoms with van der Waals surface area (Å²) >= 11 is 0. The lowest BCUT2D eigenvalue weighted by Gasteiger charge is -2.35. The van der Waals surface area contributed by atoms with Crippen molar-refractivity contribution in [1.29, 1.82) is 0 Å². The average Bonchev–Trinajstić information content (AvgIpc) is 3.10. The van der Waals surface area contributed by atoms with E-state index in [1.165, 1.54) is 29.9 Å². The first kappa shape index (κ1) is 16.6. The van der Waals surface area contributed by atoms with Crippen LogP contribution in [-0.2, 0) is 10.0 Å². The molecule has 9 nitrogen and oxygen atoms in total. The Bertz CT molecular complexity index is 1020. The van der Waals surface area contributed by atoms with Gasteiger partial charge >= 0.3 is 0 Å². The summed E-state index contributed by atoms with van der Waals surface area (Å²) in [6.45, 7) is 0.533. The van der Waals surface area contributed by atoms with E-state index in [1.807, 2.05) is 0 Å². The number of sulfonamides is 1. The molecule has 3 heterocycles. The van der Waals surface area contributed by atoms with Crippen molar-refractivity contribution in [3.63, 3.8) is 0 Å². The van der Waals surface area contributed by atoms with Crippen LogP contribution in [0.1, 0.15) is 11.8 Å². The van der Waals surface area contributed by atoms with Crippen molar-refractivity contribution in [1.82, 2.24) is 24.4 Å². The Kier molecular flexibility index (Phi) is 4.13. The van der Waals surface area contributed by atoms with Crippen LogP contribution >= 0.6 is 0 Å². The maximum Gasteiger partial charge on any atom is 0.246 e. The molecule has 0 spiro atoms. The molecule has 0 amide bonds. The number of benzene rings is 1. The van der Waals surface area contributed by atoms with Gasteiger partial charge in [-0.2, -0.15) is 9.29 Å². The Morgan fingerprint density at radius 3 is 2.77 bits per heavy atom. The molecule has 0 saturated carbocycles. The fourth-order valence-corrected chi connectivity index (χ4v) is 4.37. The van der Waals surface area contributed by atoms with Gasteiger partial charge in [0.25, 0.3) is 0 Å². The third kappa shape index (κ3) is 2.82. The smallest absolute Gasteiger partial charge is 0.246 e. The monoisotopic (exact) mass is 373 g/mol. The van der Waals surface area contributed by atoms with Crippen LogP contribution in [-0.4, -0.2) is 53.0 Å². The quantitative estimate of drug-likeness (QED) is 0.658. The van der Waals surface area contributed by atoms with E-state index in [-0.39, 0.29) is 23.9 Å². The second-order valence-electron chi connectivity index (χ2n) is 5.72. The minimum atomic E-state index is -3.64. The lowest BCUT2D eigenvalue weighted by Crippen LogP contribution is -2.48. The fraction of sp³-hybridized carbons (Fsp3) is 0.250. The highest BCUT2D eigenvalue weighted by molar-refractivity contribution is 7.89. The van der Waals surface area contributed by atoms with Gasteiger partial charge in [0, 0.05) is 25.5 Å². The van der Waals surface area contributed by atoms with Gasteiger partial charge in [-0.15, -0.1) is 0 Å². The van der Waals surface area contributed by atoms with E-state index in [9.17, 15) is 8.42 Å². The molecule has 1 aliphatic rings. The van der Waals surface area contributed by atoms with Crippen molar-refractivity contribution in [2.24, 2.45) is 0 Å². The maximum absolute atomic E-state index is 12.8. The minimum absolute atomic E-state index is 0.145. The van der Waals surface area contributed by atoms with Gasteiger partial charge in [0.15, 0.2) is 0 Å². The second kappa shape index (κ2) is 6.46. The lowest BCUT2D eigenvalue weighted by molar-refractivity contribution is 0.216. The SMILES string of the molecule is COc1ccccc1S(=O)(=O)N1CC(c2nc(-c3cnccn3)no2)C1. The second-order valence-corrected chi connectivity index (χ2v) is 7.62. The zero-order valence-electron chi connectivity index (χ0n) is 13.8. The van der Waals surface area contributed by atoms with Crippen LogP contribution in [0.3, 0.4) is 0 Å². The van der Waals surface area contributed by atoms with Crippen molar-refractivity contribution in [3.8, 4) is 17.3 Å². The van der Waals surface area contributed by atoms with Crippen LogP contribution in [0.25, 0.3) is 11.5 Å². The normalized spacial score (nSPS) is 15.6. The van der Waals surface area contributed by atoms with Crippen LogP contribution < -0.4 is 4.74 Å². The average molecular weight is 373 g/mol. The van der Waals surface area contributed by atoms with E-state index in [1.54, 1.807) is 24.4 Å². The van der Waals surface area contributed by atoms with Crippen LogP contribution in [0.5, 0.6) is 5.75 Å². The first-order valence-corrected chi connectivity index (χ1v) is 9.27. The Morgan fingerprint density at radius 2 is 2.04 bits per heavy atom. The molecule has 134 valence electrons. The first-order chi connectivity index (χ1) is 12.6. The predicted molar refractivity (Wildman–Crippen MR) is 89.8 cm³/mol. The molecule has 4 rings (SSSR count). The number of ether oxygens (including phenoxy) is 1. The van der Waals surface area contributed by atoms with Crippen LogP contribution in [0, 0.1) is 0 Å². The molecule has 0 atom stereocenters. The number of hydrogen-bond donors (Lipinski definition) is 0. The van der Waals surface area contributed by atoms with Gasteiger partial charge in [-0.3, -0.25) is 4.98 Å². The van der Waals surface area contributed by atoms with Crippen molar-refractivity contribution in [3.05, 3.63) is 48.7 Å². The number of para-hydroxylation sites is 1. The summed E-state index contributed by atoms with van der Waals surface area (Å²) in [5.41, 5.74) is 0.500. The Labute approximate surface area is 149 Å². The van der Waals surface area contributed by atoms with Crippen LogP contribution in [0.2, 0.25) is 0 Å². The van der Waals surface area contributed by atoms with E-state index in [2.05, 4.69) is 20.1 Å². The number of methoxy groups -OCH3 is 1. The van der Waals surface area contributed by atoms with Gasteiger partial charge in [-0.25, -0.2) is 13.4 Å². The third-order valence-electron chi connectivity index (χ3n) is 4.12. The van der Waals surface area contributed by atoms with Crippen molar-refractivity contribution in [2.75, 3.05) is 20.2 Å². The molecule has 0 unspecified atom stereocenters. The summed E-state index contributed by atoms with van der Waals surface area (Å²) in [7, 11) is -2.19. The molecule has 1 fully saturated rings. The zero-order valence-corrected chi connectivity index (χ0v) is 14.6. The topological polar surface area (TPSA) is 111 Å². The van der Waals surface area contributed by atoms with Crippen molar-refractivity contribution in [2.45, 2.75) is 10.8 Å². The number of aromatic nitrogens is 4. The molecule has 0 radical (unpaired) electrons. The van der Waals surface area contributed by atoms with Gasteiger partial charge in [0.2, 0.25) is 21.7 Å². The summed E-state index contributed by atoms with van der Waals surface area (Å²) in [4.78, 5) is 12.5. The van der Waals surface area contributed by atoms with Gasteiger partial charge < -0.3 is 9.26 Å². The van der Waals surface area contributed by atoms with E-state index in [0.717, 1.165) is 0 Å². The molecule has 1 saturated heterocycles. The third-order valence-corrected chi connectivity index (χ3v) is 5.99. The van der Waals surface area contributed by atoms with Gasteiger partial charge in [0.05, 0.1) is 19.2 Å². The van der Waals surface area contributed by atoms with E-state index < -0.39 is 10.0 Å². The molecular formula is C16H15N5O4S. The molecule has 10 heteroatoms. The van der Waals surface area contributed by atoms with E-state index in [0.29, 0.717) is 23.2 Å². The van der Waals surface area contributed by atoms with Gasteiger partial charge in [-0.1, -0.05) is 17.3 Å². The lowest BCUT2D eigenvalue weighted by atomic mass is 10.0. The predicted octanol–water partition coefficient (Wildman–Crippen LogP) is 1.32. The van der Waals surface area contributed by atoms with Crippen LogP contribution in [0.4, 0.5) is 0 Å². The number of nitrogens with zero attached hydrogens (tertiary/aromatic N) is 5. The molecule has 0 aliphatic carbocycles. The zero-order chi connectivity index (χ0) is 18.1. The molecule has 0 bridgehead atoms. The van der Waals surface area contributed by atoms with E-state index in [4.69, 9.17) is 9.26 Å². The highest BCUT2D eigenvalue weighted by atomic mass is 32.2. The summed E-state index contributed by atoms with van der Waals surface area (Å²) in [5, 5.41) is 3.89. The molecule has 0 N–H and O–H groups in total. The summed E-state index contributed by atoms with van der Waals surface area (Å²) in [6, 6.07) is 6.54. The van der Waals surface area contributed by atoms with Crippen LogP contribution in [0.15, 0.2) is 52.3 Å². The maximum atomic E-state index is 12.8. The van der Waals surface area contributed by atoms with E-state index >= 15 is 0 Å². The molecular weight excluding hydrogens is 358 g/mol. The number of rotatable bonds is 5. The molecule has 1 aliphatic heterocycles. The summed E-state index contributed by atoms with van der Waals surface area (Å²) in [6.07, 6.45) is 4.63. The van der Waals surface area contributed by atoms with Gasteiger partial charge in [0.1, 0.15) is 16.3 Å². The molecule has 3 aromatic rings. The highest BCUT2D eigenvalue weighted by Gasteiger charge is 2.41. The van der Waals surface area contributed by atoms with Crippen molar-refractivity contribution < 1.29 is 17.7 Å². The summed E-state index contributed by atoms with van der Waals surface area (Å²) < 4.78 is 37.3. The molecule has 2 aromatic heterocycles. The molecule has 1 aromatic carbocycles. The van der Waals surface area contributed by atoms with Gasteiger partial charge in [-0.05, 0) is 12.1 Å². The first-order valence-electron chi connectivity index (χ1n) is 7.83. The summed E-state index contributed by atoms with van der Waals surface area (Å²) in [5.74, 6) is 0.882. The Balaban J connectivity index is 1.50. The Morgan fingerprint density at radius 1 is 1.23 bits per heavy atom. The van der Waals surface area contributed by atoms with Crippen molar-refractivity contribution >= 4 is 10.0 Å². The minimum Gasteiger partial charge on any atom is -0.495 e. The number of hydrogen-bond acceptors (Lipinski definition) is 8.